The van der Waals surface area contributed by atoms with Gasteiger partial charge >= 0.3 is 6.03 Å². The molecule has 0 saturated heterocycles. The third kappa shape index (κ3) is 3.74. The number of rotatable bonds is 4. The largest absolute Gasteiger partial charge is 0.360 e. The molecule has 1 atom stereocenters. The van der Waals surface area contributed by atoms with E-state index < -0.39 is 0 Å². The van der Waals surface area contributed by atoms with Crippen LogP contribution in [0.5, 0.6) is 0 Å². The van der Waals surface area contributed by atoms with Crippen LogP contribution in [0.25, 0.3) is 0 Å². The van der Waals surface area contributed by atoms with Crippen LogP contribution in [-0.2, 0) is 0 Å². The van der Waals surface area contributed by atoms with Crippen LogP contribution in [0.15, 0.2) is 65.3 Å². The van der Waals surface area contributed by atoms with Crippen LogP contribution in [0.4, 0.5) is 10.6 Å². The van der Waals surface area contributed by atoms with Gasteiger partial charge in [0.25, 0.3) is 0 Å². The number of anilines is 1. The molecule has 0 saturated carbocycles. The van der Waals surface area contributed by atoms with E-state index in [9.17, 15) is 4.79 Å². The summed E-state index contributed by atoms with van der Waals surface area (Å²) in [5, 5.41) is 9.31. The van der Waals surface area contributed by atoms with E-state index in [1.165, 1.54) is 0 Å². The zero-order valence-corrected chi connectivity index (χ0v) is 12.6. The van der Waals surface area contributed by atoms with Gasteiger partial charge in [-0.1, -0.05) is 41.6 Å². The molecular weight excluding hydrogens is 292 g/mol. The first-order valence-electron chi connectivity index (χ1n) is 7.19. The first-order valence-corrected chi connectivity index (χ1v) is 7.19. The summed E-state index contributed by atoms with van der Waals surface area (Å²) in [6.07, 6.45) is 1.70. The standard InChI is InChI=1S/C17H16N4O2/c1-12-11-15(21-23-12)19-17(22)20-16(13-7-3-2-4-8-13)14-9-5-6-10-18-14/h2-11,16H,1H3,(H2,19,20,21,22)/t16-/m1/s1. The van der Waals surface area contributed by atoms with Crippen molar-refractivity contribution in [3.63, 3.8) is 0 Å². The minimum atomic E-state index is -0.377. The Hall–Kier alpha value is -3.15. The summed E-state index contributed by atoms with van der Waals surface area (Å²) in [7, 11) is 0. The molecule has 0 radical (unpaired) electrons. The summed E-state index contributed by atoms with van der Waals surface area (Å²) in [6, 6.07) is 16.2. The van der Waals surface area contributed by atoms with Gasteiger partial charge in [-0.2, -0.15) is 0 Å². The van der Waals surface area contributed by atoms with Gasteiger partial charge in [-0.3, -0.25) is 10.3 Å². The van der Waals surface area contributed by atoms with Crippen LogP contribution < -0.4 is 10.6 Å². The Morgan fingerprint density at radius 2 is 1.91 bits per heavy atom. The third-order valence-electron chi connectivity index (χ3n) is 3.26. The van der Waals surface area contributed by atoms with Gasteiger partial charge in [-0.15, -0.1) is 0 Å². The van der Waals surface area contributed by atoms with E-state index in [2.05, 4.69) is 20.8 Å². The molecule has 116 valence electrons. The Kier molecular flexibility index (Phi) is 4.33. The number of hydrogen-bond donors (Lipinski definition) is 2. The van der Waals surface area contributed by atoms with E-state index in [0.717, 1.165) is 11.3 Å². The maximum Gasteiger partial charge on any atom is 0.321 e. The maximum atomic E-state index is 12.2. The molecule has 3 rings (SSSR count). The van der Waals surface area contributed by atoms with Gasteiger partial charge in [0.2, 0.25) is 0 Å². The molecule has 0 spiro atoms. The van der Waals surface area contributed by atoms with E-state index in [1.54, 1.807) is 19.2 Å². The molecule has 2 N–H and O–H groups in total. The average molecular weight is 308 g/mol. The lowest BCUT2D eigenvalue weighted by Crippen LogP contribution is -2.33. The minimum Gasteiger partial charge on any atom is -0.360 e. The number of amides is 2. The van der Waals surface area contributed by atoms with Crippen LogP contribution in [0.3, 0.4) is 0 Å². The normalized spacial score (nSPS) is 11.7. The topological polar surface area (TPSA) is 80.0 Å². The zero-order valence-electron chi connectivity index (χ0n) is 12.6. The van der Waals surface area contributed by atoms with Crippen molar-refractivity contribution in [2.75, 3.05) is 5.32 Å². The van der Waals surface area contributed by atoms with Crippen molar-refractivity contribution in [3.05, 3.63) is 77.8 Å². The molecule has 0 aliphatic heterocycles. The fraction of sp³-hybridized carbons (Fsp3) is 0.118. The van der Waals surface area contributed by atoms with Crippen molar-refractivity contribution >= 4 is 11.8 Å². The fourth-order valence-corrected chi connectivity index (χ4v) is 2.23. The third-order valence-corrected chi connectivity index (χ3v) is 3.26. The minimum absolute atomic E-state index is 0.356. The first kappa shape index (κ1) is 14.8. The van der Waals surface area contributed by atoms with E-state index in [4.69, 9.17) is 4.52 Å². The Morgan fingerprint density at radius 1 is 1.13 bits per heavy atom. The summed E-state index contributed by atoms with van der Waals surface area (Å²) >= 11 is 0. The Balaban J connectivity index is 1.80. The molecule has 0 bridgehead atoms. The summed E-state index contributed by atoms with van der Waals surface area (Å²) in [5.41, 5.74) is 1.70. The van der Waals surface area contributed by atoms with E-state index >= 15 is 0 Å². The molecule has 2 aromatic heterocycles. The SMILES string of the molecule is Cc1cc(NC(=O)N[C@H](c2ccccc2)c2ccccn2)no1. The molecule has 6 nitrogen and oxygen atoms in total. The molecule has 23 heavy (non-hydrogen) atoms. The molecule has 0 fully saturated rings. The zero-order chi connectivity index (χ0) is 16.1. The lowest BCUT2D eigenvalue weighted by molar-refractivity contribution is 0.249. The van der Waals surface area contributed by atoms with E-state index in [0.29, 0.717) is 11.6 Å². The van der Waals surface area contributed by atoms with Gasteiger partial charge < -0.3 is 9.84 Å². The second-order valence-electron chi connectivity index (χ2n) is 5.02. The average Bonchev–Trinajstić information content (AvgIpc) is 2.99. The van der Waals surface area contributed by atoms with Gasteiger partial charge in [0, 0.05) is 12.3 Å². The number of aromatic nitrogens is 2. The molecule has 3 aromatic rings. The second kappa shape index (κ2) is 6.74. The van der Waals surface area contributed by atoms with Crippen molar-refractivity contribution in [1.29, 1.82) is 0 Å². The number of urea groups is 1. The smallest absolute Gasteiger partial charge is 0.321 e. The molecule has 0 unspecified atom stereocenters. The van der Waals surface area contributed by atoms with Crippen molar-refractivity contribution in [3.8, 4) is 0 Å². The Labute approximate surface area is 133 Å². The highest BCUT2D eigenvalue weighted by atomic mass is 16.5. The fourth-order valence-electron chi connectivity index (χ4n) is 2.23. The highest BCUT2D eigenvalue weighted by Gasteiger charge is 2.18. The molecule has 1 aromatic carbocycles. The van der Waals surface area contributed by atoms with E-state index in [1.807, 2.05) is 48.5 Å². The van der Waals surface area contributed by atoms with Crippen molar-refractivity contribution in [2.45, 2.75) is 13.0 Å². The van der Waals surface area contributed by atoms with Crippen LogP contribution in [-0.4, -0.2) is 16.2 Å². The summed E-state index contributed by atoms with van der Waals surface area (Å²) in [4.78, 5) is 16.6. The van der Waals surface area contributed by atoms with E-state index in [-0.39, 0.29) is 12.1 Å². The summed E-state index contributed by atoms with van der Waals surface area (Å²) < 4.78 is 4.93. The van der Waals surface area contributed by atoms with Crippen LogP contribution in [0.1, 0.15) is 23.1 Å². The van der Waals surface area contributed by atoms with Crippen molar-refractivity contribution in [1.82, 2.24) is 15.5 Å². The molecule has 2 amide bonds. The lowest BCUT2D eigenvalue weighted by atomic mass is 10.0. The van der Waals surface area contributed by atoms with Crippen LogP contribution >= 0.6 is 0 Å². The monoisotopic (exact) mass is 308 g/mol. The van der Waals surface area contributed by atoms with Crippen molar-refractivity contribution in [2.24, 2.45) is 0 Å². The first-order chi connectivity index (χ1) is 11.2. The predicted octanol–water partition coefficient (Wildman–Crippen LogP) is 3.29. The predicted molar refractivity (Wildman–Crippen MR) is 85.9 cm³/mol. The molecule has 0 aliphatic carbocycles. The molecule has 0 aliphatic rings. The Bertz CT molecular complexity index is 732. The van der Waals surface area contributed by atoms with Gasteiger partial charge in [-0.25, -0.2) is 4.79 Å². The van der Waals surface area contributed by atoms with Gasteiger partial charge in [0.1, 0.15) is 5.76 Å². The van der Waals surface area contributed by atoms with Gasteiger partial charge in [0.15, 0.2) is 5.82 Å². The molecule has 2 heterocycles. The summed E-state index contributed by atoms with van der Waals surface area (Å²) in [6.45, 7) is 1.76. The van der Waals surface area contributed by atoms with Gasteiger partial charge in [-0.05, 0) is 24.6 Å². The number of nitrogens with zero attached hydrogens (tertiary/aromatic N) is 2. The van der Waals surface area contributed by atoms with Crippen LogP contribution in [0.2, 0.25) is 0 Å². The lowest BCUT2D eigenvalue weighted by Gasteiger charge is -2.18. The number of aryl methyl sites for hydroxylation is 1. The second-order valence-corrected chi connectivity index (χ2v) is 5.02. The van der Waals surface area contributed by atoms with Crippen LogP contribution in [0, 0.1) is 6.92 Å². The molecule has 6 heteroatoms. The Morgan fingerprint density at radius 3 is 2.57 bits per heavy atom. The number of hydrogen-bond acceptors (Lipinski definition) is 4. The molecular formula is C17H16N4O2. The number of benzene rings is 1. The maximum absolute atomic E-state index is 12.2. The highest BCUT2D eigenvalue weighted by molar-refractivity contribution is 5.88. The number of nitrogens with one attached hydrogen (secondary N) is 2. The summed E-state index contributed by atoms with van der Waals surface area (Å²) in [5.74, 6) is 0.998. The van der Waals surface area contributed by atoms with Crippen molar-refractivity contribution < 1.29 is 9.32 Å². The highest BCUT2D eigenvalue weighted by Crippen LogP contribution is 2.20. The number of pyridine rings is 1. The number of carbonyl (C=O) groups excluding carboxylic acids is 1. The quantitative estimate of drug-likeness (QED) is 0.775. The van der Waals surface area contributed by atoms with Gasteiger partial charge in [0.05, 0.1) is 11.7 Å². The number of carbonyl (C=O) groups is 1.